The summed E-state index contributed by atoms with van der Waals surface area (Å²) in [7, 11) is 0. The number of hydrogen-bond acceptors (Lipinski definition) is 3. The summed E-state index contributed by atoms with van der Waals surface area (Å²) in [4.78, 5) is 4.43. The standard InChI is InChI=1S/C15H15BrN4/c1-9-3-4-10(2)11(7-9)12-5-6-14-18-13(8-17)15(16)20(14)19-12/h3-7H,8,17H2,1-2H3. The van der Waals surface area contributed by atoms with Gasteiger partial charge in [-0.15, -0.1) is 0 Å². The van der Waals surface area contributed by atoms with E-state index in [-0.39, 0.29) is 0 Å². The molecule has 3 aromatic rings. The zero-order valence-corrected chi connectivity index (χ0v) is 13.0. The lowest BCUT2D eigenvalue weighted by molar-refractivity contribution is 0.908. The minimum Gasteiger partial charge on any atom is -0.325 e. The van der Waals surface area contributed by atoms with Crippen LogP contribution in [-0.4, -0.2) is 14.6 Å². The molecular formula is C15H15BrN4. The lowest BCUT2D eigenvalue weighted by atomic mass is 10.0. The third kappa shape index (κ3) is 2.13. The van der Waals surface area contributed by atoms with E-state index in [1.807, 2.05) is 12.1 Å². The van der Waals surface area contributed by atoms with Crippen molar-refractivity contribution in [3.05, 3.63) is 51.8 Å². The first kappa shape index (κ1) is 13.3. The Morgan fingerprint density at radius 1 is 1.20 bits per heavy atom. The van der Waals surface area contributed by atoms with Crippen LogP contribution in [0.3, 0.4) is 0 Å². The molecule has 3 rings (SSSR count). The van der Waals surface area contributed by atoms with E-state index in [9.17, 15) is 0 Å². The lowest BCUT2D eigenvalue weighted by Gasteiger charge is -2.07. The molecule has 0 fully saturated rings. The Kier molecular flexibility index (Phi) is 3.31. The van der Waals surface area contributed by atoms with Crippen molar-refractivity contribution in [2.75, 3.05) is 0 Å². The zero-order chi connectivity index (χ0) is 14.3. The van der Waals surface area contributed by atoms with Crippen molar-refractivity contribution in [1.29, 1.82) is 0 Å². The SMILES string of the molecule is Cc1ccc(C)c(-c2ccc3nc(CN)c(Br)n3n2)c1. The van der Waals surface area contributed by atoms with Gasteiger partial charge in [0.05, 0.1) is 11.4 Å². The molecule has 2 aromatic heterocycles. The summed E-state index contributed by atoms with van der Waals surface area (Å²) < 4.78 is 2.61. The number of hydrogen-bond donors (Lipinski definition) is 1. The molecule has 2 heterocycles. The van der Waals surface area contributed by atoms with E-state index in [4.69, 9.17) is 5.73 Å². The third-order valence-electron chi connectivity index (χ3n) is 3.35. The molecule has 0 radical (unpaired) electrons. The summed E-state index contributed by atoms with van der Waals surface area (Å²) in [6.07, 6.45) is 0. The fourth-order valence-corrected chi connectivity index (χ4v) is 2.75. The zero-order valence-electron chi connectivity index (χ0n) is 11.4. The first-order valence-corrected chi connectivity index (χ1v) is 7.21. The molecule has 0 saturated carbocycles. The van der Waals surface area contributed by atoms with Gasteiger partial charge >= 0.3 is 0 Å². The summed E-state index contributed by atoms with van der Waals surface area (Å²) in [6, 6.07) is 10.3. The van der Waals surface area contributed by atoms with Gasteiger partial charge in [0.2, 0.25) is 0 Å². The second kappa shape index (κ2) is 5.00. The summed E-state index contributed by atoms with van der Waals surface area (Å²) in [5, 5.41) is 4.67. The molecule has 0 aliphatic rings. The maximum Gasteiger partial charge on any atom is 0.155 e. The maximum absolute atomic E-state index is 5.67. The summed E-state index contributed by atoms with van der Waals surface area (Å²) in [5.41, 5.74) is 11.8. The topological polar surface area (TPSA) is 56.2 Å². The molecule has 4 nitrogen and oxygen atoms in total. The Morgan fingerprint density at radius 2 is 2.00 bits per heavy atom. The van der Waals surface area contributed by atoms with Gasteiger partial charge in [-0.25, -0.2) is 9.50 Å². The van der Waals surface area contributed by atoms with Crippen LogP contribution in [0.2, 0.25) is 0 Å². The van der Waals surface area contributed by atoms with Crippen LogP contribution in [0, 0.1) is 13.8 Å². The number of rotatable bonds is 2. The van der Waals surface area contributed by atoms with Crippen LogP contribution < -0.4 is 5.73 Å². The van der Waals surface area contributed by atoms with Crippen LogP contribution in [0.25, 0.3) is 16.9 Å². The number of aromatic nitrogens is 3. The van der Waals surface area contributed by atoms with E-state index < -0.39 is 0 Å². The fraction of sp³-hybridized carbons (Fsp3) is 0.200. The van der Waals surface area contributed by atoms with Gasteiger partial charge in [0.25, 0.3) is 0 Å². The normalized spacial score (nSPS) is 11.2. The molecule has 0 aliphatic heterocycles. The molecule has 1 aromatic carbocycles. The van der Waals surface area contributed by atoms with Gasteiger partial charge in [-0.2, -0.15) is 5.10 Å². The van der Waals surface area contributed by atoms with Crippen LogP contribution >= 0.6 is 15.9 Å². The predicted octanol–water partition coefficient (Wildman–Crippen LogP) is 3.23. The first-order chi connectivity index (χ1) is 9.60. The highest BCUT2D eigenvalue weighted by atomic mass is 79.9. The maximum atomic E-state index is 5.67. The van der Waals surface area contributed by atoms with E-state index in [1.165, 1.54) is 11.1 Å². The van der Waals surface area contributed by atoms with E-state index in [2.05, 4.69) is 58.1 Å². The van der Waals surface area contributed by atoms with Crippen molar-refractivity contribution in [3.8, 4) is 11.3 Å². The van der Waals surface area contributed by atoms with Gasteiger partial charge in [0.1, 0.15) is 4.60 Å². The summed E-state index contributed by atoms with van der Waals surface area (Å²) >= 11 is 3.51. The Bertz CT molecular complexity index is 792. The molecule has 20 heavy (non-hydrogen) atoms. The van der Waals surface area contributed by atoms with Gasteiger partial charge < -0.3 is 5.73 Å². The van der Waals surface area contributed by atoms with E-state index in [1.54, 1.807) is 4.52 Å². The lowest BCUT2D eigenvalue weighted by Crippen LogP contribution is -1.98. The van der Waals surface area contributed by atoms with Crippen LogP contribution in [0.5, 0.6) is 0 Å². The van der Waals surface area contributed by atoms with Crippen LogP contribution in [-0.2, 0) is 6.54 Å². The molecule has 0 atom stereocenters. The molecule has 0 bridgehead atoms. The second-order valence-electron chi connectivity index (χ2n) is 4.86. The smallest absolute Gasteiger partial charge is 0.155 e. The molecule has 0 amide bonds. The molecular weight excluding hydrogens is 316 g/mol. The van der Waals surface area contributed by atoms with Crippen molar-refractivity contribution < 1.29 is 0 Å². The van der Waals surface area contributed by atoms with Gasteiger partial charge in [-0.1, -0.05) is 17.7 Å². The number of nitrogens with zero attached hydrogens (tertiary/aromatic N) is 3. The van der Waals surface area contributed by atoms with E-state index in [0.717, 1.165) is 27.2 Å². The molecule has 0 unspecified atom stereocenters. The average Bonchev–Trinajstić information content (AvgIpc) is 2.78. The van der Waals surface area contributed by atoms with Crippen molar-refractivity contribution in [2.24, 2.45) is 5.73 Å². The largest absolute Gasteiger partial charge is 0.325 e. The van der Waals surface area contributed by atoms with Crippen LogP contribution in [0.1, 0.15) is 16.8 Å². The fourth-order valence-electron chi connectivity index (χ4n) is 2.24. The van der Waals surface area contributed by atoms with Gasteiger partial charge in [0.15, 0.2) is 5.65 Å². The Hall–Kier alpha value is -1.72. The van der Waals surface area contributed by atoms with Crippen molar-refractivity contribution in [2.45, 2.75) is 20.4 Å². The molecule has 0 saturated heterocycles. The van der Waals surface area contributed by atoms with Crippen LogP contribution in [0.15, 0.2) is 34.9 Å². The number of aryl methyl sites for hydroxylation is 2. The number of nitrogens with two attached hydrogens (primary N) is 1. The molecule has 0 spiro atoms. The molecule has 2 N–H and O–H groups in total. The van der Waals surface area contributed by atoms with Crippen molar-refractivity contribution in [3.63, 3.8) is 0 Å². The minimum atomic E-state index is 0.392. The van der Waals surface area contributed by atoms with Crippen LogP contribution in [0.4, 0.5) is 0 Å². The number of imidazole rings is 1. The van der Waals surface area contributed by atoms with E-state index in [0.29, 0.717) is 6.54 Å². The highest BCUT2D eigenvalue weighted by Crippen LogP contribution is 2.25. The average molecular weight is 331 g/mol. The summed E-state index contributed by atoms with van der Waals surface area (Å²) in [5.74, 6) is 0. The van der Waals surface area contributed by atoms with Gasteiger partial charge in [-0.3, -0.25) is 0 Å². The highest BCUT2D eigenvalue weighted by Gasteiger charge is 2.11. The number of halogens is 1. The third-order valence-corrected chi connectivity index (χ3v) is 4.14. The van der Waals surface area contributed by atoms with Crippen molar-refractivity contribution >= 4 is 21.6 Å². The number of fused-ring (bicyclic) bond motifs is 1. The van der Waals surface area contributed by atoms with Gasteiger partial charge in [0, 0.05) is 12.1 Å². The Labute approximate surface area is 125 Å². The Balaban J connectivity index is 2.22. The Morgan fingerprint density at radius 3 is 2.75 bits per heavy atom. The highest BCUT2D eigenvalue weighted by molar-refractivity contribution is 9.10. The minimum absolute atomic E-state index is 0.392. The predicted molar refractivity (Wildman–Crippen MR) is 83.5 cm³/mol. The van der Waals surface area contributed by atoms with E-state index >= 15 is 0 Å². The second-order valence-corrected chi connectivity index (χ2v) is 5.61. The summed E-state index contributed by atoms with van der Waals surface area (Å²) in [6.45, 7) is 4.57. The molecule has 5 heteroatoms. The quantitative estimate of drug-likeness (QED) is 0.784. The molecule has 102 valence electrons. The monoisotopic (exact) mass is 330 g/mol. The van der Waals surface area contributed by atoms with Gasteiger partial charge in [-0.05, 0) is 53.5 Å². The van der Waals surface area contributed by atoms with Crippen molar-refractivity contribution in [1.82, 2.24) is 14.6 Å². The molecule has 0 aliphatic carbocycles. The first-order valence-electron chi connectivity index (χ1n) is 6.42. The number of benzene rings is 1.